The molecule has 150 valence electrons. The first-order chi connectivity index (χ1) is 12.2. The normalized spacial score (nSPS) is 26.4. The minimum Gasteiger partial charge on any atom is -0.379 e. The van der Waals surface area contributed by atoms with Crippen LogP contribution >= 0.6 is 15.9 Å². The molecular weight excluding hydrogens is 384 g/mol. The van der Waals surface area contributed by atoms with Gasteiger partial charge in [0.25, 0.3) is 0 Å². The molecule has 1 saturated heterocycles. The van der Waals surface area contributed by atoms with Gasteiger partial charge >= 0.3 is 0 Å². The Hall–Kier alpha value is 0.320. The van der Waals surface area contributed by atoms with Crippen LogP contribution in [0.5, 0.6) is 0 Å². The smallest absolute Gasteiger partial charge is 0.141 e. The summed E-state index contributed by atoms with van der Waals surface area (Å²) in [6, 6.07) is 0. The van der Waals surface area contributed by atoms with Crippen molar-refractivity contribution >= 4 is 15.9 Å². The van der Waals surface area contributed by atoms with Crippen LogP contribution < -0.4 is 0 Å². The van der Waals surface area contributed by atoms with E-state index in [1.165, 1.54) is 38.5 Å². The fraction of sp³-hybridized carbons (Fsp3) is 1.00. The Morgan fingerprint density at radius 2 is 1.24 bits per heavy atom. The van der Waals surface area contributed by atoms with E-state index >= 15 is 0 Å². The predicted molar refractivity (Wildman–Crippen MR) is 106 cm³/mol. The van der Waals surface area contributed by atoms with E-state index in [0.29, 0.717) is 6.61 Å². The molecule has 1 fully saturated rings. The number of ether oxygens (including phenoxy) is 4. The summed E-state index contributed by atoms with van der Waals surface area (Å²) < 4.78 is 24.2. The van der Waals surface area contributed by atoms with Crippen molar-refractivity contribution in [3.05, 3.63) is 0 Å². The van der Waals surface area contributed by atoms with Gasteiger partial charge in [-0.3, -0.25) is 0 Å². The number of hydrogen-bond acceptors (Lipinski definition) is 4. The van der Waals surface area contributed by atoms with E-state index in [4.69, 9.17) is 18.9 Å². The summed E-state index contributed by atoms with van der Waals surface area (Å²) in [5.41, 5.74) is 0. The van der Waals surface area contributed by atoms with E-state index in [0.717, 1.165) is 39.1 Å². The highest BCUT2D eigenvalue weighted by Crippen LogP contribution is 2.31. The summed E-state index contributed by atoms with van der Waals surface area (Å²) in [6.07, 6.45) is 10.4. The zero-order chi connectivity index (χ0) is 18.3. The highest BCUT2D eigenvalue weighted by atomic mass is 79.9. The third-order valence-electron chi connectivity index (χ3n) is 4.54. The van der Waals surface area contributed by atoms with E-state index in [9.17, 15) is 0 Å². The van der Waals surface area contributed by atoms with Crippen LogP contribution in [0, 0.1) is 0 Å². The Bertz CT molecular complexity index is 303. The quantitative estimate of drug-likeness (QED) is 0.244. The monoisotopic (exact) mass is 422 g/mol. The van der Waals surface area contributed by atoms with Crippen molar-refractivity contribution in [3.63, 3.8) is 0 Å². The van der Waals surface area contributed by atoms with Crippen LogP contribution in [0.4, 0.5) is 0 Å². The van der Waals surface area contributed by atoms with Gasteiger partial charge in [-0.25, -0.2) is 0 Å². The summed E-state index contributed by atoms with van der Waals surface area (Å²) in [5.74, 6) is 0. The second kappa shape index (κ2) is 15.4. The van der Waals surface area contributed by atoms with E-state index in [2.05, 4.69) is 36.7 Å². The molecular formula is C20H39BrO4. The lowest BCUT2D eigenvalue weighted by Crippen LogP contribution is -2.38. The van der Waals surface area contributed by atoms with Crippen LogP contribution in [0.2, 0.25) is 0 Å². The summed E-state index contributed by atoms with van der Waals surface area (Å²) in [4.78, 5) is 0. The number of hydrogen-bond donors (Lipinski definition) is 0. The lowest BCUT2D eigenvalue weighted by molar-refractivity contribution is -0.0797. The third kappa shape index (κ3) is 9.71. The zero-order valence-corrected chi connectivity index (χ0v) is 18.1. The largest absolute Gasteiger partial charge is 0.379 e. The van der Waals surface area contributed by atoms with Crippen molar-refractivity contribution in [1.29, 1.82) is 0 Å². The summed E-state index contributed by atoms with van der Waals surface area (Å²) in [5, 5.41) is -0.116. The molecule has 4 atom stereocenters. The molecule has 4 nitrogen and oxygen atoms in total. The van der Waals surface area contributed by atoms with Gasteiger partial charge < -0.3 is 18.9 Å². The Balaban J connectivity index is 2.45. The zero-order valence-electron chi connectivity index (χ0n) is 16.5. The molecule has 0 N–H and O–H groups in total. The SMILES string of the molecule is CCCCCOC[C@@H]1O[C@H](Br)[C@H](OCCCCC)[C@H]1OCCCCC. The van der Waals surface area contributed by atoms with Crippen LogP contribution in [0.15, 0.2) is 0 Å². The average Bonchev–Trinajstić information content (AvgIpc) is 2.90. The van der Waals surface area contributed by atoms with Crippen molar-refractivity contribution < 1.29 is 18.9 Å². The fourth-order valence-electron chi connectivity index (χ4n) is 2.99. The van der Waals surface area contributed by atoms with Gasteiger partial charge in [0.15, 0.2) is 0 Å². The first-order valence-corrected chi connectivity index (χ1v) is 11.3. The van der Waals surface area contributed by atoms with Crippen LogP contribution in [0.3, 0.4) is 0 Å². The van der Waals surface area contributed by atoms with Crippen molar-refractivity contribution in [1.82, 2.24) is 0 Å². The van der Waals surface area contributed by atoms with Crippen molar-refractivity contribution in [2.45, 2.75) is 102 Å². The first-order valence-electron chi connectivity index (χ1n) is 10.3. The molecule has 0 spiro atoms. The molecule has 0 aromatic rings. The van der Waals surface area contributed by atoms with Crippen LogP contribution in [-0.2, 0) is 18.9 Å². The molecule has 0 radical (unpaired) electrons. The van der Waals surface area contributed by atoms with Gasteiger partial charge in [-0.1, -0.05) is 75.2 Å². The van der Waals surface area contributed by atoms with Gasteiger partial charge in [0.1, 0.15) is 23.3 Å². The standard InChI is InChI=1S/C20H39BrO4/c1-4-7-10-13-22-16-17-18(23-14-11-8-5-2)19(20(21)25-17)24-15-12-9-6-3/h17-20H,4-16H2,1-3H3/t17-,18-,19+,20-/m0/s1. The fourth-order valence-corrected chi connectivity index (χ4v) is 3.72. The topological polar surface area (TPSA) is 36.9 Å². The molecule has 5 heteroatoms. The number of halogens is 1. The lowest BCUT2D eigenvalue weighted by Gasteiger charge is -2.24. The van der Waals surface area contributed by atoms with Gasteiger partial charge in [0, 0.05) is 19.8 Å². The molecule has 0 bridgehead atoms. The van der Waals surface area contributed by atoms with Crippen molar-refractivity contribution in [3.8, 4) is 0 Å². The van der Waals surface area contributed by atoms with Gasteiger partial charge in [0.05, 0.1) is 6.61 Å². The molecule has 0 unspecified atom stereocenters. The van der Waals surface area contributed by atoms with Crippen LogP contribution in [-0.4, -0.2) is 49.8 Å². The van der Waals surface area contributed by atoms with E-state index in [1.54, 1.807) is 0 Å². The molecule has 1 aliphatic heterocycles. The van der Waals surface area contributed by atoms with Gasteiger partial charge in [-0.15, -0.1) is 0 Å². The molecule has 0 amide bonds. The maximum atomic E-state index is 6.18. The van der Waals surface area contributed by atoms with E-state index in [1.807, 2.05) is 0 Å². The van der Waals surface area contributed by atoms with Crippen molar-refractivity contribution in [2.24, 2.45) is 0 Å². The van der Waals surface area contributed by atoms with Crippen molar-refractivity contribution in [2.75, 3.05) is 26.4 Å². The first kappa shape index (κ1) is 23.4. The maximum absolute atomic E-state index is 6.18. The number of alkyl halides is 1. The molecule has 1 heterocycles. The highest BCUT2D eigenvalue weighted by molar-refractivity contribution is 9.09. The Morgan fingerprint density at radius 1 is 0.720 bits per heavy atom. The molecule has 25 heavy (non-hydrogen) atoms. The van der Waals surface area contributed by atoms with Gasteiger partial charge in [0.2, 0.25) is 0 Å². The second-order valence-corrected chi connectivity index (χ2v) is 7.80. The summed E-state index contributed by atoms with van der Waals surface area (Å²) in [7, 11) is 0. The average molecular weight is 423 g/mol. The molecule has 0 aromatic carbocycles. The molecule has 0 aliphatic carbocycles. The van der Waals surface area contributed by atoms with E-state index in [-0.39, 0.29) is 23.3 Å². The Morgan fingerprint density at radius 3 is 1.80 bits per heavy atom. The minimum atomic E-state index is -0.116. The predicted octanol–water partition coefficient (Wildman–Crippen LogP) is 5.46. The lowest BCUT2D eigenvalue weighted by atomic mass is 10.1. The van der Waals surface area contributed by atoms with Gasteiger partial charge in [-0.2, -0.15) is 0 Å². The number of rotatable bonds is 16. The van der Waals surface area contributed by atoms with Crippen LogP contribution in [0.1, 0.15) is 78.6 Å². The highest BCUT2D eigenvalue weighted by Gasteiger charge is 2.45. The summed E-state index contributed by atoms with van der Waals surface area (Å²) >= 11 is 3.63. The maximum Gasteiger partial charge on any atom is 0.141 e. The number of unbranched alkanes of at least 4 members (excludes halogenated alkanes) is 6. The summed E-state index contributed by atoms with van der Waals surface area (Å²) in [6.45, 7) is 9.53. The second-order valence-electron chi connectivity index (χ2n) is 6.89. The van der Waals surface area contributed by atoms with Crippen LogP contribution in [0.25, 0.3) is 0 Å². The molecule has 1 aliphatic rings. The third-order valence-corrected chi connectivity index (χ3v) is 5.28. The molecule has 0 aromatic heterocycles. The molecule has 0 saturated carbocycles. The minimum absolute atomic E-state index is 0.0472. The van der Waals surface area contributed by atoms with E-state index < -0.39 is 0 Å². The Kier molecular flexibility index (Phi) is 14.4. The molecule has 1 rings (SSSR count). The van der Waals surface area contributed by atoms with Gasteiger partial charge in [-0.05, 0) is 19.3 Å². The Labute approximate surface area is 163 Å².